The molecule has 1 aliphatic carbocycles. The molecule has 1 amide bonds. The average molecular weight is 408 g/mol. The van der Waals surface area contributed by atoms with E-state index in [9.17, 15) is 13.2 Å². The Hall–Kier alpha value is -3.19. The molecular formula is C22H20N2O4S. The van der Waals surface area contributed by atoms with Gasteiger partial charge >= 0.3 is 0 Å². The van der Waals surface area contributed by atoms with Gasteiger partial charge in [-0.2, -0.15) is 0 Å². The van der Waals surface area contributed by atoms with E-state index in [4.69, 9.17) is 4.74 Å². The van der Waals surface area contributed by atoms with Crippen LogP contribution in [-0.4, -0.2) is 19.3 Å². The van der Waals surface area contributed by atoms with Crippen LogP contribution in [-0.2, 0) is 29.5 Å². The zero-order chi connectivity index (χ0) is 20.3. The van der Waals surface area contributed by atoms with Gasteiger partial charge in [-0.25, -0.2) is 13.1 Å². The first-order valence-electron chi connectivity index (χ1n) is 9.32. The van der Waals surface area contributed by atoms with Crippen LogP contribution >= 0.6 is 0 Å². The number of pyridine rings is 1. The van der Waals surface area contributed by atoms with Gasteiger partial charge in [0.2, 0.25) is 0 Å². The molecule has 3 aromatic rings. The molecule has 7 heteroatoms. The van der Waals surface area contributed by atoms with Gasteiger partial charge in [0.1, 0.15) is 12.4 Å². The molecule has 1 heterocycles. The van der Waals surface area contributed by atoms with Crippen molar-refractivity contribution in [2.75, 3.05) is 0 Å². The molecule has 0 radical (unpaired) electrons. The Morgan fingerprint density at radius 1 is 1.03 bits per heavy atom. The third-order valence-electron chi connectivity index (χ3n) is 4.85. The fraction of sp³-hybridized carbons (Fsp3) is 0.182. The normalized spacial score (nSPS) is 13.0. The molecule has 1 aliphatic rings. The van der Waals surface area contributed by atoms with Crippen molar-refractivity contribution in [2.45, 2.75) is 30.8 Å². The second kappa shape index (κ2) is 8.05. The van der Waals surface area contributed by atoms with E-state index in [0.29, 0.717) is 12.4 Å². The van der Waals surface area contributed by atoms with Crippen LogP contribution in [0.3, 0.4) is 0 Å². The minimum absolute atomic E-state index is 0.114. The minimum Gasteiger partial charge on any atom is -0.489 e. The van der Waals surface area contributed by atoms with Gasteiger partial charge in [-0.3, -0.25) is 9.78 Å². The molecule has 29 heavy (non-hydrogen) atoms. The fourth-order valence-electron chi connectivity index (χ4n) is 3.31. The van der Waals surface area contributed by atoms with E-state index in [1.807, 2.05) is 18.2 Å². The Labute approximate surface area is 169 Å². The molecule has 0 saturated heterocycles. The molecule has 6 nitrogen and oxygen atoms in total. The van der Waals surface area contributed by atoms with Crippen molar-refractivity contribution < 1.29 is 17.9 Å². The summed E-state index contributed by atoms with van der Waals surface area (Å²) in [6.07, 6.45) is 6.27. The molecule has 0 saturated carbocycles. The van der Waals surface area contributed by atoms with Gasteiger partial charge in [0.15, 0.2) is 0 Å². The Morgan fingerprint density at radius 3 is 2.59 bits per heavy atom. The summed E-state index contributed by atoms with van der Waals surface area (Å²) in [4.78, 5) is 16.6. The molecule has 148 valence electrons. The highest BCUT2D eigenvalue weighted by Gasteiger charge is 2.21. The van der Waals surface area contributed by atoms with E-state index in [1.54, 1.807) is 36.7 Å². The van der Waals surface area contributed by atoms with Crippen molar-refractivity contribution in [1.29, 1.82) is 0 Å². The lowest BCUT2D eigenvalue weighted by molar-refractivity contribution is 0.0981. The number of ether oxygens (including phenoxy) is 1. The lowest BCUT2D eigenvalue weighted by Crippen LogP contribution is -2.30. The van der Waals surface area contributed by atoms with Gasteiger partial charge in [-0.15, -0.1) is 0 Å². The number of nitrogens with one attached hydrogen (secondary N) is 1. The standard InChI is InChI=1S/C22H20N2O4S/c25-22(24-29(26,27)21-11-8-17-4-1-5-19(17)13-21)18-6-9-20(10-7-18)28-15-16-3-2-12-23-14-16/h2-3,6-14H,1,4-5,15H2,(H,24,25). The number of amides is 1. The Morgan fingerprint density at radius 2 is 1.83 bits per heavy atom. The van der Waals surface area contributed by atoms with E-state index in [2.05, 4.69) is 9.71 Å². The van der Waals surface area contributed by atoms with Gasteiger partial charge in [-0.05, 0) is 72.9 Å². The summed E-state index contributed by atoms with van der Waals surface area (Å²) in [5.74, 6) is -0.101. The molecule has 0 fully saturated rings. The van der Waals surface area contributed by atoms with Gasteiger partial charge < -0.3 is 4.74 Å². The lowest BCUT2D eigenvalue weighted by atomic mass is 10.1. The summed E-state index contributed by atoms with van der Waals surface area (Å²) in [7, 11) is -3.92. The molecule has 0 aliphatic heterocycles. The van der Waals surface area contributed by atoms with Crippen LogP contribution < -0.4 is 9.46 Å². The fourth-order valence-corrected chi connectivity index (χ4v) is 4.33. The Kier molecular flexibility index (Phi) is 5.31. The third-order valence-corrected chi connectivity index (χ3v) is 6.18. The van der Waals surface area contributed by atoms with E-state index in [1.165, 1.54) is 17.7 Å². The first kappa shape index (κ1) is 19.1. The van der Waals surface area contributed by atoms with Crippen molar-refractivity contribution >= 4 is 15.9 Å². The first-order chi connectivity index (χ1) is 14.0. The van der Waals surface area contributed by atoms with Crippen molar-refractivity contribution in [3.63, 3.8) is 0 Å². The molecule has 1 N–H and O–H groups in total. The van der Waals surface area contributed by atoms with Crippen LogP contribution in [0.25, 0.3) is 0 Å². The van der Waals surface area contributed by atoms with Crippen LogP contribution in [0.15, 0.2) is 71.9 Å². The molecule has 0 unspecified atom stereocenters. The molecule has 1 aromatic heterocycles. The Bertz CT molecular complexity index is 1130. The number of hydrogen-bond acceptors (Lipinski definition) is 5. The number of aromatic nitrogens is 1. The summed E-state index contributed by atoms with van der Waals surface area (Å²) in [6.45, 7) is 0.353. The molecule has 0 bridgehead atoms. The van der Waals surface area contributed by atoms with E-state index < -0.39 is 15.9 Å². The highest BCUT2D eigenvalue weighted by Crippen LogP contribution is 2.24. The molecule has 4 rings (SSSR count). The zero-order valence-corrected chi connectivity index (χ0v) is 16.5. The number of carbonyl (C=O) groups is 1. The van der Waals surface area contributed by atoms with Gasteiger partial charge in [-0.1, -0.05) is 12.1 Å². The summed E-state index contributed by atoms with van der Waals surface area (Å²) in [6, 6.07) is 15.1. The number of fused-ring (bicyclic) bond motifs is 1. The number of carbonyl (C=O) groups excluding carboxylic acids is 1. The number of sulfonamides is 1. The van der Waals surface area contributed by atoms with Crippen molar-refractivity contribution in [3.05, 3.63) is 89.2 Å². The van der Waals surface area contributed by atoms with Crippen molar-refractivity contribution in [3.8, 4) is 5.75 Å². The smallest absolute Gasteiger partial charge is 0.265 e. The summed E-state index contributed by atoms with van der Waals surface area (Å²) >= 11 is 0. The Balaban J connectivity index is 1.41. The van der Waals surface area contributed by atoms with Gasteiger partial charge in [0.25, 0.3) is 15.9 Å². The summed E-state index contributed by atoms with van der Waals surface area (Å²) in [5.41, 5.74) is 3.38. The number of rotatable bonds is 6. The number of hydrogen-bond donors (Lipinski definition) is 1. The predicted molar refractivity (Wildman–Crippen MR) is 108 cm³/mol. The van der Waals surface area contributed by atoms with Crippen molar-refractivity contribution in [2.24, 2.45) is 0 Å². The lowest BCUT2D eigenvalue weighted by Gasteiger charge is -2.10. The molecule has 2 aromatic carbocycles. The maximum Gasteiger partial charge on any atom is 0.265 e. The third kappa shape index (κ3) is 4.46. The van der Waals surface area contributed by atoms with E-state index >= 15 is 0 Å². The monoisotopic (exact) mass is 408 g/mol. The average Bonchev–Trinajstić information content (AvgIpc) is 3.21. The predicted octanol–water partition coefficient (Wildman–Crippen LogP) is 3.27. The number of benzene rings is 2. The maximum absolute atomic E-state index is 12.6. The van der Waals surface area contributed by atoms with E-state index in [0.717, 1.165) is 30.4 Å². The second-order valence-electron chi connectivity index (χ2n) is 6.89. The summed E-state index contributed by atoms with van der Waals surface area (Å²) < 4.78 is 33.0. The molecule has 0 atom stereocenters. The minimum atomic E-state index is -3.92. The number of aryl methyl sites for hydroxylation is 2. The quantitative estimate of drug-likeness (QED) is 0.677. The molecular weight excluding hydrogens is 388 g/mol. The van der Waals surface area contributed by atoms with Crippen LogP contribution in [0, 0.1) is 0 Å². The topological polar surface area (TPSA) is 85.4 Å². The van der Waals surface area contributed by atoms with Crippen LogP contribution in [0.1, 0.15) is 33.5 Å². The van der Waals surface area contributed by atoms with Gasteiger partial charge in [0.05, 0.1) is 4.90 Å². The SMILES string of the molecule is O=C(NS(=O)(=O)c1ccc2c(c1)CCC2)c1ccc(OCc2cccnc2)cc1. The van der Waals surface area contributed by atoms with Crippen LogP contribution in [0.2, 0.25) is 0 Å². The van der Waals surface area contributed by atoms with Crippen LogP contribution in [0.4, 0.5) is 0 Å². The maximum atomic E-state index is 12.6. The first-order valence-corrected chi connectivity index (χ1v) is 10.8. The van der Waals surface area contributed by atoms with Crippen LogP contribution in [0.5, 0.6) is 5.75 Å². The van der Waals surface area contributed by atoms with E-state index in [-0.39, 0.29) is 10.5 Å². The second-order valence-corrected chi connectivity index (χ2v) is 8.58. The molecule has 0 spiro atoms. The number of nitrogens with zero attached hydrogens (tertiary/aromatic N) is 1. The van der Waals surface area contributed by atoms with Crippen molar-refractivity contribution in [1.82, 2.24) is 9.71 Å². The summed E-state index contributed by atoms with van der Waals surface area (Å²) in [5, 5.41) is 0. The highest BCUT2D eigenvalue weighted by molar-refractivity contribution is 7.90. The largest absolute Gasteiger partial charge is 0.489 e. The highest BCUT2D eigenvalue weighted by atomic mass is 32.2. The van der Waals surface area contributed by atoms with Gasteiger partial charge in [0, 0.05) is 23.5 Å². The zero-order valence-electron chi connectivity index (χ0n) is 15.7.